The normalized spacial score (nSPS) is 18.4. The van der Waals surface area contributed by atoms with Crippen LogP contribution in [0.5, 0.6) is 0 Å². The Bertz CT molecular complexity index is 867. The van der Waals surface area contributed by atoms with Crippen LogP contribution in [0.3, 0.4) is 0 Å². The van der Waals surface area contributed by atoms with Gasteiger partial charge in [0, 0.05) is 37.3 Å². The van der Waals surface area contributed by atoms with E-state index in [9.17, 15) is 8.42 Å². The van der Waals surface area contributed by atoms with Crippen LogP contribution < -0.4 is 9.80 Å². The van der Waals surface area contributed by atoms with Gasteiger partial charge in [0.15, 0.2) is 9.84 Å². The Morgan fingerprint density at radius 3 is 2.30 bits per heavy atom. The maximum atomic E-state index is 12.0. The molecule has 7 heteroatoms. The summed E-state index contributed by atoms with van der Waals surface area (Å²) >= 11 is 0. The molecule has 1 atom stereocenters. The van der Waals surface area contributed by atoms with Crippen LogP contribution in [0.25, 0.3) is 11.3 Å². The third kappa shape index (κ3) is 4.40. The molecule has 0 amide bonds. The van der Waals surface area contributed by atoms with Crippen LogP contribution in [0.4, 0.5) is 11.8 Å². The minimum atomic E-state index is -2.96. The molecule has 1 saturated heterocycles. The van der Waals surface area contributed by atoms with Gasteiger partial charge in [0.2, 0.25) is 5.95 Å². The van der Waals surface area contributed by atoms with Crippen LogP contribution in [0.15, 0.2) is 36.4 Å². The molecule has 1 fully saturated rings. The van der Waals surface area contributed by atoms with Gasteiger partial charge in [0.05, 0.1) is 17.2 Å². The average molecular weight is 389 g/mol. The van der Waals surface area contributed by atoms with Gasteiger partial charge in [-0.15, -0.1) is 0 Å². The SMILES string of the molecule is CCN(CC)c1cc(-c2ccccc2)nc(N(CC)C2CCS(=O)(=O)C2)n1. The van der Waals surface area contributed by atoms with E-state index in [2.05, 4.69) is 18.7 Å². The molecule has 2 aromatic rings. The monoisotopic (exact) mass is 388 g/mol. The molecule has 1 aromatic heterocycles. The first-order valence-electron chi connectivity index (χ1n) is 9.64. The third-order valence-electron chi connectivity index (χ3n) is 5.10. The number of benzene rings is 1. The van der Waals surface area contributed by atoms with E-state index in [-0.39, 0.29) is 17.5 Å². The number of hydrogen-bond acceptors (Lipinski definition) is 6. The van der Waals surface area contributed by atoms with Crippen molar-refractivity contribution in [2.75, 3.05) is 40.9 Å². The zero-order valence-electron chi connectivity index (χ0n) is 16.3. The lowest BCUT2D eigenvalue weighted by molar-refractivity contribution is 0.599. The first kappa shape index (κ1) is 19.6. The molecular weight excluding hydrogens is 360 g/mol. The molecule has 1 aromatic carbocycles. The first-order chi connectivity index (χ1) is 13.0. The Morgan fingerprint density at radius 1 is 1.04 bits per heavy atom. The van der Waals surface area contributed by atoms with Gasteiger partial charge < -0.3 is 9.80 Å². The quantitative estimate of drug-likeness (QED) is 0.726. The number of aromatic nitrogens is 2. The minimum absolute atomic E-state index is 0.0597. The molecule has 0 N–H and O–H groups in total. The fraction of sp³-hybridized carbons (Fsp3) is 0.500. The summed E-state index contributed by atoms with van der Waals surface area (Å²) in [7, 11) is -2.96. The van der Waals surface area contributed by atoms with E-state index >= 15 is 0 Å². The van der Waals surface area contributed by atoms with Gasteiger partial charge >= 0.3 is 0 Å². The molecule has 6 nitrogen and oxygen atoms in total. The van der Waals surface area contributed by atoms with Crippen molar-refractivity contribution in [1.82, 2.24) is 9.97 Å². The fourth-order valence-corrected chi connectivity index (χ4v) is 5.33. The van der Waals surface area contributed by atoms with Crippen molar-refractivity contribution < 1.29 is 8.42 Å². The van der Waals surface area contributed by atoms with Crippen molar-refractivity contribution in [3.63, 3.8) is 0 Å². The van der Waals surface area contributed by atoms with Crippen molar-refractivity contribution in [2.45, 2.75) is 33.2 Å². The Kier molecular flexibility index (Phi) is 5.99. The molecule has 27 heavy (non-hydrogen) atoms. The lowest BCUT2D eigenvalue weighted by atomic mass is 10.1. The number of nitrogens with zero attached hydrogens (tertiary/aromatic N) is 4. The van der Waals surface area contributed by atoms with Crippen molar-refractivity contribution in [1.29, 1.82) is 0 Å². The standard InChI is InChI=1S/C20H28N4O2S/c1-4-23(5-2)19-14-18(16-10-8-7-9-11-16)21-20(22-19)24(6-3)17-12-13-27(25,26)15-17/h7-11,14,17H,4-6,12-13,15H2,1-3H3. The zero-order valence-corrected chi connectivity index (χ0v) is 17.1. The second-order valence-electron chi connectivity index (χ2n) is 6.79. The summed E-state index contributed by atoms with van der Waals surface area (Å²) in [6.45, 7) is 8.62. The average Bonchev–Trinajstić information content (AvgIpc) is 3.03. The number of hydrogen-bond donors (Lipinski definition) is 0. The summed E-state index contributed by atoms with van der Waals surface area (Å²) in [5.74, 6) is 1.92. The topological polar surface area (TPSA) is 66.4 Å². The molecule has 1 aliphatic heterocycles. The zero-order chi connectivity index (χ0) is 19.4. The molecule has 1 aliphatic rings. The summed E-state index contributed by atoms with van der Waals surface area (Å²) in [6, 6.07) is 12.0. The molecule has 0 radical (unpaired) electrons. The predicted octanol–water partition coefficient (Wildman–Crippen LogP) is 3.00. The van der Waals surface area contributed by atoms with Crippen LogP contribution in [0, 0.1) is 0 Å². The summed E-state index contributed by atoms with van der Waals surface area (Å²) in [6.07, 6.45) is 0.635. The van der Waals surface area contributed by atoms with Crippen molar-refractivity contribution >= 4 is 21.6 Å². The Labute approximate surface area is 162 Å². The van der Waals surface area contributed by atoms with E-state index < -0.39 is 9.84 Å². The van der Waals surface area contributed by atoms with Crippen LogP contribution in [-0.2, 0) is 9.84 Å². The summed E-state index contributed by atoms with van der Waals surface area (Å²) < 4.78 is 23.9. The number of sulfone groups is 1. The highest BCUT2D eigenvalue weighted by atomic mass is 32.2. The summed E-state index contributed by atoms with van der Waals surface area (Å²) in [5.41, 5.74) is 1.89. The van der Waals surface area contributed by atoms with Crippen LogP contribution in [0.2, 0.25) is 0 Å². The van der Waals surface area contributed by atoms with Crippen molar-refractivity contribution in [2.24, 2.45) is 0 Å². The lowest BCUT2D eigenvalue weighted by Gasteiger charge is -2.29. The molecule has 0 spiro atoms. The minimum Gasteiger partial charge on any atom is -0.357 e. The fourth-order valence-electron chi connectivity index (χ4n) is 3.60. The van der Waals surface area contributed by atoms with Gasteiger partial charge in [-0.2, -0.15) is 4.98 Å². The van der Waals surface area contributed by atoms with Gasteiger partial charge in [0.1, 0.15) is 5.82 Å². The van der Waals surface area contributed by atoms with Crippen molar-refractivity contribution in [3.05, 3.63) is 36.4 Å². The van der Waals surface area contributed by atoms with Gasteiger partial charge in [-0.25, -0.2) is 13.4 Å². The highest BCUT2D eigenvalue weighted by Gasteiger charge is 2.33. The highest BCUT2D eigenvalue weighted by molar-refractivity contribution is 7.91. The van der Waals surface area contributed by atoms with Crippen LogP contribution >= 0.6 is 0 Å². The molecule has 3 rings (SSSR count). The van der Waals surface area contributed by atoms with Crippen molar-refractivity contribution in [3.8, 4) is 11.3 Å². The Balaban J connectivity index is 2.06. The second kappa shape index (κ2) is 8.25. The van der Waals surface area contributed by atoms with E-state index in [0.717, 1.165) is 30.2 Å². The molecule has 146 valence electrons. The van der Waals surface area contributed by atoms with Gasteiger partial charge in [-0.05, 0) is 27.2 Å². The maximum Gasteiger partial charge on any atom is 0.228 e. The predicted molar refractivity (Wildman–Crippen MR) is 111 cm³/mol. The van der Waals surface area contributed by atoms with E-state index in [0.29, 0.717) is 18.9 Å². The van der Waals surface area contributed by atoms with Gasteiger partial charge in [0.25, 0.3) is 0 Å². The Morgan fingerprint density at radius 2 is 1.74 bits per heavy atom. The molecule has 0 bridgehead atoms. The van der Waals surface area contributed by atoms with E-state index in [4.69, 9.17) is 9.97 Å². The lowest BCUT2D eigenvalue weighted by Crippen LogP contribution is -2.38. The first-order valence-corrected chi connectivity index (χ1v) is 11.5. The third-order valence-corrected chi connectivity index (χ3v) is 6.85. The summed E-state index contributed by atoms with van der Waals surface area (Å²) in [4.78, 5) is 13.9. The molecule has 2 heterocycles. The van der Waals surface area contributed by atoms with Crippen LogP contribution in [-0.4, -0.2) is 55.6 Å². The van der Waals surface area contributed by atoms with Crippen LogP contribution in [0.1, 0.15) is 27.2 Å². The highest BCUT2D eigenvalue weighted by Crippen LogP contribution is 2.28. The molecule has 0 aliphatic carbocycles. The molecular formula is C20H28N4O2S. The molecule has 1 unspecified atom stereocenters. The van der Waals surface area contributed by atoms with Gasteiger partial charge in [-0.3, -0.25) is 0 Å². The van der Waals surface area contributed by atoms with Gasteiger partial charge in [-0.1, -0.05) is 30.3 Å². The number of anilines is 2. The smallest absolute Gasteiger partial charge is 0.228 e. The number of rotatable bonds is 7. The summed E-state index contributed by atoms with van der Waals surface area (Å²) in [5, 5.41) is 0. The maximum absolute atomic E-state index is 12.0. The Hall–Kier alpha value is -2.15. The molecule has 0 saturated carbocycles. The van der Waals surface area contributed by atoms with E-state index in [1.54, 1.807) is 0 Å². The largest absolute Gasteiger partial charge is 0.357 e. The van der Waals surface area contributed by atoms with E-state index in [1.807, 2.05) is 48.2 Å². The second-order valence-corrected chi connectivity index (χ2v) is 9.02. The van der Waals surface area contributed by atoms with E-state index in [1.165, 1.54) is 0 Å².